The number of carboxylic acids is 1. The minimum Gasteiger partial charge on any atom is -0.508 e. The van der Waals surface area contributed by atoms with Crippen molar-refractivity contribution in [3.8, 4) is 5.75 Å². The molecule has 98 valence electrons. The first-order valence-corrected chi connectivity index (χ1v) is 5.41. The molecule has 1 unspecified atom stereocenters. The van der Waals surface area contributed by atoms with E-state index in [4.69, 9.17) is 10.2 Å². The molecule has 0 aliphatic rings. The Balaban J connectivity index is 2.53. The van der Waals surface area contributed by atoms with Crippen LogP contribution in [0.5, 0.6) is 5.75 Å². The fourth-order valence-corrected chi connectivity index (χ4v) is 1.31. The van der Waals surface area contributed by atoms with Gasteiger partial charge in [-0.3, -0.25) is 9.59 Å². The second kappa shape index (κ2) is 6.00. The smallest absolute Gasteiger partial charge is 0.306 e. The van der Waals surface area contributed by atoms with Gasteiger partial charge in [0.15, 0.2) is 0 Å². The van der Waals surface area contributed by atoms with E-state index in [1.807, 2.05) is 0 Å². The fraction of sp³-hybridized carbons (Fsp3) is 0.333. The maximum atomic E-state index is 13.3. The summed E-state index contributed by atoms with van der Waals surface area (Å²) in [5.74, 6) is -3.23. The summed E-state index contributed by atoms with van der Waals surface area (Å²) in [6.07, 6.45) is 0.265. The van der Waals surface area contributed by atoms with Gasteiger partial charge in [-0.05, 0) is 18.6 Å². The van der Waals surface area contributed by atoms with Gasteiger partial charge in [-0.15, -0.1) is 0 Å². The Morgan fingerprint density at radius 2 is 2.11 bits per heavy atom. The summed E-state index contributed by atoms with van der Waals surface area (Å²) in [6.45, 7) is 1.67. The Morgan fingerprint density at radius 1 is 1.44 bits per heavy atom. The number of aliphatic carboxylic acids is 1. The molecule has 6 heteroatoms. The van der Waals surface area contributed by atoms with E-state index in [9.17, 15) is 14.0 Å². The van der Waals surface area contributed by atoms with E-state index < -0.39 is 23.6 Å². The minimum atomic E-state index is -0.944. The van der Waals surface area contributed by atoms with Gasteiger partial charge in [0, 0.05) is 12.6 Å². The van der Waals surface area contributed by atoms with Crippen LogP contribution in [0, 0.1) is 11.7 Å². The molecule has 1 aromatic carbocycles. The second-order valence-electron chi connectivity index (χ2n) is 3.95. The van der Waals surface area contributed by atoms with Gasteiger partial charge in [-0.25, -0.2) is 4.39 Å². The molecule has 18 heavy (non-hydrogen) atoms. The number of carbonyl (C=O) groups is 2. The van der Waals surface area contributed by atoms with Crippen molar-refractivity contribution in [3.05, 3.63) is 29.6 Å². The SMILES string of the molecule is CC(CCNC(=O)c1ccc(O)cc1F)C(=O)O. The van der Waals surface area contributed by atoms with E-state index in [2.05, 4.69) is 5.32 Å². The molecule has 0 aliphatic carbocycles. The zero-order valence-corrected chi connectivity index (χ0v) is 9.81. The highest BCUT2D eigenvalue weighted by Gasteiger charge is 2.14. The van der Waals surface area contributed by atoms with Gasteiger partial charge in [0.05, 0.1) is 11.5 Å². The number of hydrogen-bond donors (Lipinski definition) is 3. The third kappa shape index (κ3) is 3.73. The van der Waals surface area contributed by atoms with Crippen molar-refractivity contribution in [2.24, 2.45) is 5.92 Å². The molecule has 5 nitrogen and oxygen atoms in total. The first-order chi connectivity index (χ1) is 8.41. The predicted molar refractivity (Wildman–Crippen MR) is 61.8 cm³/mol. The molecule has 0 spiro atoms. The molecule has 1 aromatic rings. The number of benzene rings is 1. The molecule has 0 aromatic heterocycles. The van der Waals surface area contributed by atoms with Crippen molar-refractivity contribution in [1.29, 1.82) is 0 Å². The number of phenolic OH excluding ortho intramolecular Hbond substituents is 1. The van der Waals surface area contributed by atoms with Crippen LogP contribution in [0.2, 0.25) is 0 Å². The van der Waals surface area contributed by atoms with E-state index in [1.54, 1.807) is 0 Å². The first-order valence-electron chi connectivity index (χ1n) is 5.41. The molecular formula is C12H14FNO4. The zero-order chi connectivity index (χ0) is 13.7. The zero-order valence-electron chi connectivity index (χ0n) is 9.81. The van der Waals surface area contributed by atoms with Crippen LogP contribution < -0.4 is 5.32 Å². The highest BCUT2D eigenvalue weighted by atomic mass is 19.1. The van der Waals surface area contributed by atoms with Crippen molar-refractivity contribution in [1.82, 2.24) is 5.32 Å². The molecule has 1 rings (SSSR count). The van der Waals surface area contributed by atoms with E-state index in [1.165, 1.54) is 19.1 Å². The molecule has 0 fully saturated rings. The number of halogens is 1. The summed E-state index contributed by atoms with van der Waals surface area (Å²) < 4.78 is 13.3. The third-order valence-corrected chi connectivity index (χ3v) is 2.48. The van der Waals surface area contributed by atoms with E-state index in [0.717, 1.165) is 6.07 Å². The number of phenols is 1. The van der Waals surface area contributed by atoms with Gasteiger partial charge in [0.25, 0.3) is 5.91 Å². The summed E-state index contributed by atoms with van der Waals surface area (Å²) in [4.78, 5) is 22.1. The Labute approximate surface area is 103 Å². The van der Waals surface area contributed by atoms with E-state index in [-0.39, 0.29) is 24.3 Å². The largest absolute Gasteiger partial charge is 0.508 e. The lowest BCUT2D eigenvalue weighted by Gasteiger charge is -2.08. The maximum Gasteiger partial charge on any atom is 0.306 e. The average molecular weight is 255 g/mol. The number of rotatable bonds is 5. The van der Waals surface area contributed by atoms with Gasteiger partial charge in [-0.2, -0.15) is 0 Å². The van der Waals surface area contributed by atoms with Gasteiger partial charge in [0.2, 0.25) is 0 Å². The van der Waals surface area contributed by atoms with Gasteiger partial charge in [0.1, 0.15) is 11.6 Å². The highest BCUT2D eigenvalue weighted by Crippen LogP contribution is 2.14. The van der Waals surface area contributed by atoms with E-state index in [0.29, 0.717) is 0 Å². The fourth-order valence-electron chi connectivity index (χ4n) is 1.31. The topological polar surface area (TPSA) is 86.6 Å². The number of carbonyl (C=O) groups excluding carboxylic acids is 1. The van der Waals surface area contributed by atoms with Crippen molar-refractivity contribution >= 4 is 11.9 Å². The molecule has 0 aliphatic heterocycles. The van der Waals surface area contributed by atoms with Crippen LogP contribution in [0.4, 0.5) is 4.39 Å². The Morgan fingerprint density at radius 3 is 2.67 bits per heavy atom. The van der Waals surface area contributed by atoms with Crippen LogP contribution in [0.1, 0.15) is 23.7 Å². The molecule has 3 N–H and O–H groups in total. The molecule has 1 amide bonds. The monoisotopic (exact) mass is 255 g/mol. The minimum absolute atomic E-state index is 0.145. The van der Waals surface area contributed by atoms with Crippen LogP contribution in [-0.2, 0) is 4.79 Å². The molecule has 0 bridgehead atoms. The summed E-state index contributed by atoms with van der Waals surface area (Å²) >= 11 is 0. The van der Waals surface area contributed by atoms with Crippen LogP contribution in [0.3, 0.4) is 0 Å². The molecular weight excluding hydrogens is 241 g/mol. The quantitative estimate of drug-likeness (QED) is 0.741. The van der Waals surface area contributed by atoms with Crippen molar-refractivity contribution in [3.63, 3.8) is 0 Å². The summed E-state index contributed by atoms with van der Waals surface area (Å²) in [7, 11) is 0. The lowest BCUT2D eigenvalue weighted by atomic mass is 10.1. The molecule has 0 heterocycles. The van der Waals surface area contributed by atoms with Gasteiger partial charge >= 0.3 is 5.97 Å². The Kier molecular flexibility index (Phi) is 4.65. The highest BCUT2D eigenvalue weighted by molar-refractivity contribution is 5.94. The average Bonchev–Trinajstić information content (AvgIpc) is 2.28. The summed E-state index contributed by atoms with van der Waals surface area (Å²) in [5.41, 5.74) is -0.184. The Hall–Kier alpha value is -2.11. The number of amides is 1. The van der Waals surface area contributed by atoms with Crippen molar-refractivity contribution < 1.29 is 24.2 Å². The van der Waals surface area contributed by atoms with Gasteiger partial charge in [-0.1, -0.05) is 6.92 Å². The lowest BCUT2D eigenvalue weighted by Crippen LogP contribution is -2.27. The van der Waals surface area contributed by atoms with Crippen molar-refractivity contribution in [2.45, 2.75) is 13.3 Å². The Bertz CT molecular complexity index is 461. The van der Waals surface area contributed by atoms with E-state index >= 15 is 0 Å². The normalized spacial score (nSPS) is 11.9. The second-order valence-corrected chi connectivity index (χ2v) is 3.95. The van der Waals surface area contributed by atoms with Crippen LogP contribution in [0.15, 0.2) is 18.2 Å². The third-order valence-electron chi connectivity index (χ3n) is 2.48. The number of carboxylic acid groups (broad SMARTS) is 1. The molecule has 0 saturated carbocycles. The lowest BCUT2D eigenvalue weighted by molar-refractivity contribution is -0.141. The summed E-state index contributed by atoms with van der Waals surface area (Å²) in [6, 6.07) is 3.22. The molecule has 0 radical (unpaired) electrons. The first kappa shape index (κ1) is 14.0. The van der Waals surface area contributed by atoms with Gasteiger partial charge < -0.3 is 15.5 Å². The number of hydrogen-bond acceptors (Lipinski definition) is 3. The van der Waals surface area contributed by atoms with Crippen LogP contribution >= 0.6 is 0 Å². The number of nitrogens with one attached hydrogen (secondary N) is 1. The predicted octanol–water partition coefficient (Wildman–Crippen LogP) is 1.37. The maximum absolute atomic E-state index is 13.3. The van der Waals surface area contributed by atoms with Crippen LogP contribution in [0.25, 0.3) is 0 Å². The molecule has 0 saturated heterocycles. The van der Waals surface area contributed by atoms with Crippen LogP contribution in [-0.4, -0.2) is 28.6 Å². The summed E-state index contributed by atoms with van der Waals surface area (Å²) in [5, 5.41) is 20.1. The molecule has 1 atom stereocenters. The number of aromatic hydroxyl groups is 1. The standard InChI is InChI=1S/C12H14FNO4/c1-7(12(17)18)4-5-14-11(16)9-3-2-8(15)6-10(9)13/h2-3,6-7,15H,4-5H2,1H3,(H,14,16)(H,17,18). The van der Waals surface area contributed by atoms with Crippen molar-refractivity contribution in [2.75, 3.05) is 6.54 Å².